The zero-order chi connectivity index (χ0) is 54.7. The minimum absolute atomic E-state index is 0.0134. The number of carbonyl (C=O) groups excluding carboxylic acids is 4. The summed E-state index contributed by atoms with van der Waals surface area (Å²) in [6.45, 7) is 32.8. The van der Waals surface area contributed by atoms with Crippen LogP contribution in [-0.2, 0) is 55.0 Å². The average Bonchev–Trinajstić information content (AvgIpc) is 3.59. The van der Waals surface area contributed by atoms with Crippen LogP contribution in [0.15, 0.2) is 48.5 Å². The van der Waals surface area contributed by atoms with Gasteiger partial charge in [0.2, 0.25) is 11.8 Å². The molecule has 15 nitrogen and oxygen atoms in total. The molecule has 2 aromatic rings. The summed E-state index contributed by atoms with van der Waals surface area (Å²) in [6, 6.07) is 15.7. The van der Waals surface area contributed by atoms with Gasteiger partial charge in [0.25, 0.3) is 0 Å². The Morgan fingerprint density at radius 1 is 0.694 bits per heavy atom. The third-order valence-electron chi connectivity index (χ3n) is 16.5. The van der Waals surface area contributed by atoms with Crippen molar-refractivity contribution < 1.29 is 61.6 Å². The van der Waals surface area contributed by atoms with Crippen molar-refractivity contribution in [2.75, 3.05) is 35.0 Å². The number of fused-ring (bicyclic) bond motifs is 1. The molecule has 2 aromatic carbocycles. The zero-order valence-electron chi connectivity index (χ0n) is 47.3. The van der Waals surface area contributed by atoms with E-state index in [1.807, 2.05) is 57.2 Å². The van der Waals surface area contributed by atoms with Gasteiger partial charge in [-0.2, -0.15) is 0 Å². The third kappa shape index (κ3) is 11.2. The lowest BCUT2D eigenvalue weighted by Gasteiger charge is -2.56. The van der Waals surface area contributed by atoms with Gasteiger partial charge < -0.3 is 52.2 Å². The van der Waals surface area contributed by atoms with E-state index in [4.69, 9.17) is 32.2 Å². The van der Waals surface area contributed by atoms with Crippen molar-refractivity contribution in [2.24, 2.45) is 23.7 Å². The van der Waals surface area contributed by atoms with Crippen LogP contribution in [0.4, 0.5) is 0 Å². The molecule has 0 spiro atoms. The molecular weight excluding hydrogens is 969 g/mol. The van der Waals surface area contributed by atoms with Gasteiger partial charge >= 0.3 is 11.9 Å². The number of esters is 2. The molecule has 0 saturated carbocycles. The van der Waals surface area contributed by atoms with Gasteiger partial charge in [0.1, 0.15) is 22.7 Å². The molecule has 2 amide bonds. The molecule has 72 heavy (non-hydrogen) atoms. The molecule has 2 N–H and O–H groups in total. The number of ether oxygens (including phenoxy) is 4. The van der Waals surface area contributed by atoms with E-state index < -0.39 is 89.1 Å². The first-order valence-corrected chi connectivity index (χ1v) is 34.8. The third-order valence-corrected chi connectivity index (χ3v) is 26.2. The first-order valence-electron chi connectivity index (χ1n) is 25.7. The summed E-state index contributed by atoms with van der Waals surface area (Å²) in [5, 5.41) is 21.8. The second-order valence-corrected chi connectivity index (χ2v) is 36.8. The number of amides is 2. The fourth-order valence-electron chi connectivity index (χ4n) is 11.1. The quantitative estimate of drug-likeness (QED) is 0.0949. The number of carbonyl (C=O) groups is 4. The molecule has 3 heterocycles. The van der Waals surface area contributed by atoms with Crippen LogP contribution in [-0.4, -0.2) is 138 Å². The first-order chi connectivity index (χ1) is 33.3. The lowest BCUT2D eigenvalue weighted by atomic mass is 9.69. The smallest absolute Gasteiger partial charge is 0.337 e. The molecule has 8 atom stereocenters. The molecule has 3 aliphatic rings. The van der Waals surface area contributed by atoms with Gasteiger partial charge in [-0.15, -0.1) is 0 Å². The van der Waals surface area contributed by atoms with Gasteiger partial charge in [0, 0.05) is 19.7 Å². The Labute approximate surface area is 434 Å². The van der Waals surface area contributed by atoms with E-state index in [9.17, 15) is 29.4 Å². The summed E-state index contributed by atoms with van der Waals surface area (Å²) in [5.41, 5.74) is -3.97. The van der Waals surface area contributed by atoms with Crippen LogP contribution in [0, 0.1) is 23.7 Å². The van der Waals surface area contributed by atoms with E-state index in [1.54, 1.807) is 31.3 Å². The normalized spacial score (nSPS) is 27.2. The van der Waals surface area contributed by atoms with Crippen LogP contribution in [0.2, 0.25) is 56.4 Å². The molecule has 3 fully saturated rings. The van der Waals surface area contributed by atoms with Gasteiger partial charge in [-0.1, -0.05) is 79.7 Å². The van der Waals surface area contributed by atoms with Crippen LogP contribution >= 0.6 is 0 Å². The van der Waals surface area contributed by atoms with Gasteiger partial charge in [-0.3, -0.25) is 9.59 Å². The van der Waals surface area contributed by atoms with Crippen molar-refractivity contribution in [3.05, 3.63) is 59.7 Å². The number of hydrogen-bond acceptors (Lipinski definition) is 13. The summed E-state index contributed by atoms with van der Waals surface area (Å²) >= 11 is 0. The fraction of sp³-hybridized carbons (Fsp3) is 0.704. The highest BCUT2D eigenvalue weighted by molar-refractivity contribution is 6.73. The van der Waals surface area contributed by atoms with Crippen LogP contribution in [0.3, 0.4) is 0 Å². The van der Waals surface area contributed by atoms with Gasteiger partial charge in [-0.05, 0) is 130 Å². The Morgan fingerprint density at radius 3 is 1.44 bits per heavy atom. The van der Waals surface area contributed by atoms with Gasteiger partial charge in [0.05, 0.1) is 52.5 Å². The number of nitrogens with zero attached hydrogens (tertiary/aromatic N) is 2. The predicted octanol–water partition coefficient (Wildman–Crippen LogP) is 8.96. The van der Waals surface area contributed by atoms with E-state index in [-0.39, 0.29) is 49.4 Å². The van der Waals surface area contributed by atoms with E-state index in [1.165, 1.54) is 26.0 Å². The molecule has 0 unspecified atom stereocenters. The molecule has 0 aliphatic carbocycles. The van der Waals surface area contributed by atoms with Crippen LogP contribution < -0.4 is 9.47 Å². The van der Waals surface area contributed by atoms with Crippen molar-refractivity contribution >= 4 is 48.7 Å². The van der Waals surface area contributed by atoms with Gasteiger partial charge in [0.15, 0.2) is 36.0 Å². The minimum atomic E-state index is -2.36. The van der Waals surface area contributed by atoms with E-state index >= 15 is 0 Å². The highest BCUT2D eigenvalue weighted by Crippen LogP contribution is 2.57. The van der Waals surface area contributed by atoms with E-state index in [0.717, 1.165) is 22.9 Å². The lowest BCUT2D eigenvalue weighted by Crippen LogP contribution is -2.75. The Kier molecular flexibility index (Phi) is 19.5. The SMILES string of the molecule is COC(=O)[C@]1([C@@H](O[Si](C)(C)C(C)C)C(C)C)N(Cc2ccc(OC)cc2)C(=O)[C@@H]2CC[Si](C)(C)O[C@@]21C.COC(=O)[C@]1([C@@H](O[Si](C)(C)C(C)C)C(C)C)N(Cc2ccc(OC)cc2)C(=O)[C@H](CCO)[C@]1(C)O. The second kappa shape index (κ2) is 23.1. The summed E-state index contributed by atoms with van der Waals surface area (Å²) in [6.07, 6.45) is -0.717. The molecule has 5 rings (SSSR count). The molecular formula is C54H90N2O13Si3. The van der Waals surface area contributed by atoms with Gasteiger partial charge in [-0.25, -0.2) is 9.59 Å². The highest BCUT2D eigenvalue weighted by Gasteiger charge is 2.77. The largest absolute Gasteiger partial charge is 0.497 e. The molecule has 0 bridgehead atoms. The van der Waals surface area contributed by atoms with E-state index in [2.05, 4.69) is 80.8 Å². The van der Waals surface area contributed by atoms with Crippen molar-refractivity contribution in [3.8, 4) is 11.5 Å². The Balaban J connectivity index is 0.000000313. The van der Waals surface area contributed by atoms with Crippen molar-refractivity contribution in [1.29, 1.82) is 0 Å². The standard InChI is InChI=1S/C28H47NO6Si2.C26H43NO7Si/c1-19(2)24(34-37(10,11)20(3)4)28(26(31)33-7)27(5)23(16-17-36(8,9)35-27)25(30)29(28)18-21-12-14-22(32-6)15-13-21;1-17(2)22(34-35(8,9)18(3)4)26(24(30)33-7)25(5,31)21(14-15-28)23(29)27(26)16-19-10-12-20(32-6)13-11-19/h12-15,19-20,23-24H,16-18H2,1-11H3;10-13,17-18,21-22,28,31H,14-16H2,1-9H3/t23-,24-,27-,28-;21-,22-,25-,26-/m00/s1. The summed E-state index contributed by atoms with van der Waals surface area (Å²) in [5.74, 6) is -2.01. The van der Waals surface area contributed by atoms with Crippen molar-refractivity contribution in [2.45, 2.75) is 186 Å². The van der Waals surface area contributed by atoms with Crippen LogP contribution in [0.1, 0.15) is 93.2 Å². The molecule has 0 aromatic heterocycles. The Bertz CT molecular complexity index is 2180. The number of hydrogen-bond donors (Lipinski definition) is 2. The number of methoxy groups -OCH3 is 4. The Hall–Kier alpha value is -3.63. The number of rotatable bonds is 20. The molecule has 18 heteroatoms. The maximum Gasteiger partial charge on any atom is 0.337 e. The molecule has 3 aliphatic heterocycles. The van der Waals surface area contributed by atoms with Crippen LogP contribution in [0.25, 0.3) is 0 Å². The molecule has 406 valence electrons. The summed E-state index contributed by atoms with van der Waals surface area (Å²) in [4.78, 5) is 59.5. The van der Waals surface area contributed by atoms with Crippen molar-refractivity contribution in [3.63, 3.8) is 0 Å². The first kappa shape index (κ1) is 60.9. The maximum absolute atomic E-state index is 14.3. The zero-order valence-corrected chi connectivity index (χ0v) is 50.3. The minimum Gasteiger partial charge on any atom is -0.497 e. The summed E-state index contributed by atoms with van der Waals surface area (Å²) in [7, 11) is -0.930. The predicted molar refractivity (Wildman–Crippen MR) is 287 cm³/mol. The molecule has 3 saturated heterocycles. The fourth-order valence-corrected chi connectivity index (χ4v) is 16.4. The van der Waals surface area contributed by atoms with Crippen LogP contribution in [0.5, 0.6) is 11.5 Å². The lowest BCUT2D eigenvalue weighted by molar-refractivity contribution is -0.189. The highest BCUT2D eigenvalue weighted by atomic mass is 28.4. The monoisotopic (exact) mass is 1060 g/mol. The number of aliphatic hydroxyl groups is 2. The van der Waals surface area contributed by atoms with E-state index in [0.29, 0.717) is 17.7 Å². The van der Waals surface area contributed by atoms with Crippen molar-refractivity contribution in [1.82, 2.24) is 9.80 Å². The maximum atomic E-state index is 14.3. The Morgan fingerprint density at radius 2 is 1.08 bits per heavy atom. The molecule has 0 radical (unpaired) electrons. The summed E-state index contributed by atoms with van der Waals surface area (Å²) < 4.78 is 42.3. The number of aliphatic hydroxyl groups excluding tert-OH is 1. The topological polar surface area (TPSA) is 180 Å². The second-order valence-electron chi connectivity index (χ2n) is 23.4. The number of benzene rings is 2. The number of likely N-dealkylation sites (tertiary alicyclic amines) is 2. The average molecular weight is 1060 g/mol.